The number of carbonyl (C=O) groups is 1. The first-order valence-electron chi connectivity index (χ1n) is 10.1. The van der Waals surface area contributed by atoms with Crippen LogP contribution in [0.2, 0.25) is 5.02 Å². The predicted molar refractivity (Wildman–Crippen MR) is 122 cm³/mol. The minimum atomic E-state index is -0.323. The highest BCUT2D eigenvalue weighted by Crippen LogP contribution is 2.41. The van der Waals surface area contributed by atoms with Crippen LogP contribution in [0.1, 0.15) is 36.4 Å². The summed E-state index contributed by atoms with van der Waals surface area (Å²) in [6.07, 6.45) is 2.23. The standard InChI is InChI=1S/C23H21ClN4O2S/c1-30-16-8-4-7-14(12-16)21-20-18(10-5-11-19(20)29)25-22-26-23(27-28(21)22)31-13-15-6-2-3-9-17(15)24/h2-4,6-9,12,21H,5,10-11,13H2,1H3,(H,25,26,27)/t21-/m0/s1. The van der Waals surface area contributed by atoms with Crippen LogP contribution >= 0.6 is 23.4 Å². The number of methoxy groups -OCH3 is 1. The minimum Gasteiger partial charge on any atom is -0.497 e. The van der Waals surface area contributed by atoms with E-state index in [0.29, 0.717) is 23.3 Å². The molecule has 31 heavy (non-hydrogen) atoms. The molecule has 1 atom stereocenters. The number of nitrogens with zero attached hydrogens (tertiary/aromatic N) is 3. The van der Waals surface area contributed by atoms with E-state index in [4.69, 9.17) is 26.4 Å². The Morgan fingerprint density at radius 3 is 2.94 bits per heavy atom. The van der Waals surface area contributed by atoms with Gasteiger partial charge in [-0.1, -0.05) is 53.7 Å². The Hall–Kier alpha value is -2.77. The maximum atomic E-state index is 12.9. The lowest BCUT2D eigenvalue weighted by molar-refractivity contribution is -0.116. The van der Waals surface area contributed by atoms with Gasteiger partial charge >= 0.3 is 0 Å². The highest BCUT2D eigenvalue weighted by atomic mass is 35.5. The lowest BCUT2D eigenvalue weighted by Gasteiger charge is -2.32. The van der Waals surface area contributed by atoms with Gasteiger partial charge in [0.1, 0.15) is 11.8 Å². The van der Waals surface area contributed by atoms with Crippen LogP contribution in [-0.4, -0.2) is 27.7 Å². The van der Waals surface area contributed by atoms with Crippen molar-refractivity contribution in [3.05, 3.63) is 76.0 Å². The Kier molecular flexibility index (Phi) is 5.46. The van der Waals surface area contributed by atoms with Gasteiger partial charge in [0.2, 0.25) is 11.1 Å². The monoisotopic (exact) mass is 452 g/mol. The van der Waals surface area contributed by atoms with Gasteiger partial charge in [-0.3, -0.25) is 4.79 Å². The van der Waals surface area contributed by atoms with Crippen LogP contribution in [-0.2, 0) is 10.5 Å². The topological polar surface area (TPSA) is 69.0 Å². The Labute approximate surface area is 189 Å². The summed E-state index contributed by atoms with van der Waals surface area (Å²) in [5.41, 5.74) is 3.72. The number of ketones is 1. The maximum absolute atomic E-state index is 12.9. The fourth-order valence-corrected chi connectivity index (χ4v) is 5.19. The van der Waals surface area contributed by atoms with Crippen molar-refractivity contribution in [1.82, 2.24) is 14.8 Å². The molecule has 6 nitrogen and oxygen atoms in total. The summed E-state index contributed by atoms with van der Waals surface area (Å²) in [5, 5.41) is 9.51. The lowest BCUT2D eigenvalue weighted by atomic mass is 9.85. The summed E-state index contributed by atoms with van der Waals surface area (Å²) in [4.78, 5) is 17.6. The number of thioether (sulfide) groups is 1. The number of carbonyl (C=O) groups excluding carboxylic acids is 1. The van der Waals surface area contributed by atoms with Gasteiger partial charge < -0.3 is 10.1 Å². The molecule has 3 aromatic rings. The molecule has 1 aliphatic carbocycles. The van der Waals surface area contributed by atoms with Gasteiger partial charge in [0.05, 0.1) is 7.11 Å². The molecule has 1 aromatic heterocycles. The number of hydrogen-bond acceptors (Lipinski definition) is 6. The number of rotatable bonds is 5. The highest BCUT2D eigenvalue weighted by molar-refractivity contribution is 7.98. The summed E-state index contributed by atoms with van der Waals surface area (Å²) < 4.78 is 7.25. The molecule has 5 rings (SSSR count). The molecule has 0 radical (unpaired) electrons. The Morgan fingerprint density at radius 1 is 1.23 bits per heavy atom. The zero-order valence-corrected chi connectivity index (χ0v) is 18.5. The molecule has 0 bridgehead atoms. The first kappa shape index (κ1) is 20.2. The fraction of sp³-hybridized carbons (Fsp3) is 0.261. The lowest BCUT2D eigenvalue weighted by Crippen LogP contribution is -2.31. The van der Waals surface area contributed by atoms with Crippen molar-refractivity contribution in [1.29, 1.82) is 0 Å². The summed E-state index contributed by atoms with van der Waals surface area (Å²) in [7, 11) is 1.64. The highest BCUT2D eigenvalue weighted by Gasteiger charge is 2.37. The van der Waals surface area contributed by atoms with Gasteiger partial charge in [0, 0.05) is 28.5 Å². The first-order valence-corrected chi connectivity index (χ1v) is 11.5. The fourth-order valence-electron chi connectivity index (χ4n) is 4.08. The van der Waals surface area contributed by atoms with Crippen LogP contribution in [0.5, 0.6) is 5.75 Å². The van der Waals surface area contributed by atoms with Crippen molar-refractivity contribution < 1.29 is 9.53 Å². The smallest absolute Gasteiger partial charge is 0.227 e. The minimum absolute atomic E-state index is 0.160. The number of nitrogens with one attached hydrogen (secondary N) is 1. The quantitative estimate of drug-likeness (QED) is 0.533. The number of benzene rings is 2. The second kappa shape index (κ2) is 8.40. The van der Waals surface area contributed by atoms with Crippen LogP contribution in [0.4, 0.5) is 5.95 Å². The van der Waals surface area contributed by atoms with E-state index in [9.17, 15) is 4.79 Å². The predicted octanol–water partition coefficient (Wildman–Crippen LogP) is 5.25. The molecular formula is C23H21ClN4O2S. The second-order valence-electron chi connectivity index (χ2n) is 7.52. The molecule has 0 unspecified atom stereocenters. The zero-order chi connectivity index (χ0) is 21.4. The molecule has 158 valence electrons. The van der Waals surface area contributed by atoms with Crippen molar-refractivity contribution in [2.24, 2.45) is 0 Å². The second-order valence-corrected chi connectivity index (χ2v) is 8.87. The molecule has 8 heteroatoms. The molecule has 0 saturated carbocycles. The van der Waals surface area contributed by atoms with Crippen LogP contribution in [0.3, 0.4) is 0 Å². The van der Waals surface area contributed by atoms with Crippen LogP contribution < -0.4 is 10.1 Å². The SMILES string of the molecule is COc1cccc([C@H]2C3=C(CCCC3=O)Nc3nc(SCc4ccccc4Cl)nn32)c1. The molecule has 1 aliphatic heterocycles. The first-order chi connectivity index (χ1) is 15.1. The average molecular weight is 453 g/mol. The number of hydrogen-bond donors (Lipinski definition) is 1. The third-order valence-electron chi connectivity index (χ3n) is 5.57. The van der Waals surface area contributed by atoms with Gasteiger partial charge in [-0.2, -0.15) is 4.98 Å². The number of halogens is 1. The molecule has 1 N–H and O–H groups in total. The van der Waals surface area contributed by atoms with Gasteiger partial charge in [0.15, 0.2) is 5.78 Å². The van der Waals surface area contributed by atoms with Gasteiger partial charge in [-0.05, 0) is 42.2 Å². The summed E-state index contributed by atoms with van der Waals surface area (Å²) in [5.74, 6) is 2.23. The number of ether oxygens (including phenoxy) is 1. The largest absolute Gasteiger partial charge is 0.497 e. The number of Topliss-reactive ketones (excluding diaryl/α,β-unsaturated/α-hetero) is 1. The van der Waals surface area contributed by atoms with E-state index in [-0.39, 0.29) is 11.8 Å². The average Bonchev–Trinajstić information content (AvgIpc) is 3.20. The molecule has 0 amide bonds. The van der Waals surface area contributed by atoms with Crippen molar-refractivity contribution in [2.45, 2.75) is 36.2 Å². The summed E-state index contributed by atoms with van der Waals surface area (Å²) in [6.45, 7) is 0. The Bertz CT molecular complexity index is 1190. The van der Waals surface area contributed by atoms with Crippen molar-refractivity contribution in [2.75, 3.05) is 12.4 Å². The van der Waals surface area contributed by atoms with Crippen molar-refractivity contribution in [3.63, 3.8) is 0 Å². The molecule has 2 aromatic carbocycles. The van der Waals surface area contributed by atoms with E-state index in [1.54, 1.807) is 7.11 Å². The van der Waals surface area contributed by atoms with Gasteiger partial charge in [-0.15, -0.1) is 5.10 Å². The van der Waals surface area contributed by atoms with Crippen LogP contribution in [0, 0.1) is 0 Å². The van der Waals surface area contributed by atoms with E-state index < -0.39 is 0 Å². The van der Waals surface area contributed by atoms with Crippen molar-refractivity contribution >= 4 is 35.1 Å². The number of fused-ring (bicyclic) bond motifs is 1. The van der Waals surface area contributed by atoms with E-state index >= 15 is 0 Å². The van der Waals surface area contributed by atoms with Crippen LogP contribution in [0.25, 0.3) is 0 Å². The zero-order valence-electron chi connectivity index (χ0n) is 17.0. The maximum Gasteiger partial charge on any atom is 0.227 e. The number of anilines is 1. The van der Waals surface area contributed by atoms with Gasteiger partial charge in [0.25, 0.3) is 0 Å². The van der Waals surface area contributed by atoms with Gasteiger partial charge in [-0.25, -0.2) is 4.68 Å². The summed E-state index contributed by atoms with van der Waals surface area (Å²) >= 11 is 7.82. The molecule has 2 heterocycles. The van der Waals surface area contributed by atoms with E-state index in [1.807, 2.05) is 53.2 Å². The number of aromatic nitrogens is 3. The van der Waals surface area contributed by atoms with E-state index in [2.05, 4.69) is 5.32 Å². The van der Waals surface area contributed by atoms with Crippen molar-refractivity contribution in [3.8, 4) is 5.75 Å². The van der Waals surface area contributed by atoms with E-state index in [0.717, 1.165) is 46.0 Å². The normalized spacial score (nSPS) is 17.7. The summed E-state index contributed by atoms with van der Waals surface area (Å²) in [6, 6.07) is 15.3. The third-order valence-corrected chi connectivity index (χ3v) is 6.83. The Morgan fingerprint density at radius 2 is 2.10 bits per heavy atom. The van der Waals surface area contributed by atoms with Crippen LogP contribution in [0.15, 0.2) is 65.0 Å². The van der Waals surface area contributed by atoms with E-state index in [1.165, 1.54) is 11.8 Å². The molecule has 0 saturated heterocycles. The Balaban J connectivity index is 1.52. The molecule has 2 aliphatic rings. The molecule has 0 spiro atoms. The third kappa shape index (κ3) is 3.83. The molecule has 0 fully saturated rings. The number of allylic oxidation sites excluding steroid dienone is 2. The molecular weight excluding hydrogens is 432 g/mol.